The zero-order chi connectivity index (χ0) is 13.1. The molecule has 0 saturated carbocycles. The van der Waals surface area contributed by atoms with Crippen molar-refractivity contribution in [2.24, 2.45) is 0 Å². The summed E-state index contributed by atoms with van der Waals surface area (Å²) < 4.78 is 0. The molecule has 18 heavy (non-hydrogen) atoms. The summed E-state index contributed by atoms with van der Waals surface area (Å²) in [5.74, 6) is -0.833. The van der Waals surface area contributed by atoms with Crippen LogP contribution in [0, 0.1) is 0 Å². The third-order valence-electron chi connectivity index (χ3n) is 3.77. The van der Waals surface area contributed by atoms with Gasteiger partial charge in [0.2, 0.25) is 0 Å². The van der Waals surface area contributed by atoms with Crippen LogP contribution in [0.2, 0.25) is 0 Å². The first kappa shape index (κ1) is 13.1. The first-order valence-electron chi connectivity index (χ1n) is 6.53. The van der Waals surface area contributed by atoms with Gasteiger partial charge in [0.25, 0.3) is 0 Å². The third-order valence-corrected chi connectivity index (χ3v) is 3.77. The Bertz CT molecular complexity index is 335. The second-order valence-electron chi connectivity index (χ2n) is 5.28. The van der Waals surface area contributed by atoms with Gasteiger partial charge in [0, 0.05) is 25.2 Å². The monoisotopic (exact) mass is 255 g/mol. The Balaban J connectivity index is 1.85. The van der Waals surface area contributed by atoms with Gasteiger partial charge in [0.05, 0.1) is 6.42 Å². The molecule has 0 aliphatic carbocycles. The predicted molar refractivity (Wildman–Crippen MR) is 66.4 cm³/mol. The van der Waals surface area contributed by atoms with Crippen LogP contribution in [0.15, 0.2) is 0 Å². The number of rotatable bonds is 3. The zero-order valence-corrected chi connectivity index (χ0v) is 10.8. The van der Waals surface area contributed by atoms with Crippen molar-refractivity contribution in [3.05, 3.63) is 0 Å². The average Bonchev–Trinajstić information content (AvgIpc) is 2.87. The van der Waals surface area contributed by atoms with Gasteiger partial charge in [-0.2, -0.15) is 0 Å². The second-order valence-corrected chi connectivity index (χ2v) is 5.28. The quantitative estimate of drug-likeness (QED) is 0.762. The van der Waals surface area contributed by atoms with Gasteiger partial charge in [-0.1, -0.05) is 0 Å². The largest absolute Gasteiger partial charge is 0.481 e. The molecular formula is C12H21N3O3. The topological polar surface area (TPSA) is 72.9 Å². The fraction of sp³-hybridized carbons (Fsp3) is 0.833. The van der Waals surface area contributed by atoms with Gasteiger partial charge in [-0.05, 0) is 32.9 Å². The lowest BCUT2D eigenvalue weighted by Gasteiger charge is -2.25. The number of aliphatic carboxylic acids is 1. The molecule has 0 spiro atoms. The molecule has 0 aromatic carbocycles. The van der Waals surface area contributed by atoms with Gasteiger partial charge in [0.15, 0.2) is 0 Å². The molecule has 2 unspecified atom stereocenters. The fourth-order valence-corrected chi connectivity index (χ4v) is 2.83. The summed E-state index contributed by atoms with van der Waals surface area (Å²) in [5, 5.41) is 11.8. The predicted octanol–water partition coefficient (Wildman–Crippen LogP) is 0.339. The van der Waals surface area contributed by atoms with E-state index in [1.165, 1.54) is 0 Å². The highest BCUT2D eigenvalue weighted by Gasteiger charge is 2.32. The van der Waals surface area contributed by atoms with Crippen LogP contribution in [-0.2, 0) is 4.79 Å². The summed E-state index contributed by atoms with van der Waals surface area (Å²) in [5.41, 5.74) is 0. The minimum Gasteiger partial charge on any atom is -0.481 e. The number of nitrogens with zero attached hydrogens (tertiary/aromatic N) is 2. The van der Waals surface area contributed by atoms with Crippen LogP contribution in [-0.4, -0.2) is 65.7 Å². The van der Waals surface area contributed by atoms with Crippen LogP contribution >= 0.6 is 0 Å². The number of carbonyl (C=O) groups excluding carboxylic acids is 1. The van der Waals surface area contributed by atoms with Crippen LogP contribution in [0.5, 0.6) is 0 Å². The number of likely N-dealkylation sites (tertiary alicyclic amines) is 2. The highest BCUT2D eigenvalue weighted by Crippen LogP contribution is 2.20. The Morgan fingerprint density at radius 3 is 2.72 bits per heavy atom. The normalized spacial score (nSPS) is 28.6. The molecule has 102 valence electrons. The molecule has 2 fully saturated rings. The summed E-state index contributed by atoms with van der Waals surface area (Å²) >= 11 is 0. The molecule has 2 atom stereocenters. The van der Waals surface area contributed by atoms with Crippen molar-refractivity contribution >= 4 is 12.0 Å². The maximum absolute atomic E-state index is 12.1. The molecule has 2 aliphatic rings. The highest BCUT2D eigenvalue weighted by atomic mass is 16.4. The van der Waals surface area contributed by atoms with Gasteiger partial charge >= 0.3 is 12.0 Å². The van der Waals surface area contributed by atoms with Crippen molar-refractivity contribution < 1.29 is 14.7 Å². The van der Waals surface area contributed by atoms with E-state index in [4.69, 9.17) is 5.11 Å². The summed E-state index contributed by atoms with van der Waals surface area (Å²) in [7, 11) is 2.04. The summed E-state index contributed by atoms with van der Waals surface area (Å²) in [6.45, 7) is 2.55. The molecule has 2 heterocycles. The maximum atomic E-state index is 12.1. The van der Waals surface area contributed by atoms with Gasteiger partial charge in [-0.3, -0.25) is 4.79 Å². The van der Waals surface area contributed by atoms with E-state index >= 15 is 0 Å². The SMILES string of the molecule is CN1CCC(NC(=O)N2CCCC2CC(=O)O)C1. The summed E-state index contributed by atoms with van der Waals surface area (Å²) in [4.78, 5) is 26.7. The summed E-state index contributed by atoms with van der Waals surface area (Å²) in [6.07, 6.45) is 2.72. The number of carbonyl (C=O) groups is 2. The minimum atomic E-state index is -0.833. The van der Waals surface area contributed by atoms with Gasteiger partial charge in [-0.25, -0.2) is 4.79 Å². The van der Waals surface area contributed by atoms with Crippen molar-refractivity contribution in [1.29, 1.82) is 0 Å². The van der Waals surface area contributed by atoms with Gasteiger partial charge in [0.1, 0.15) is 0 Å². The van der Waals surface area contributed by atoms with E-state index in [1.54, 1.807) is 4.90 Å². The highest BCUT2D eigenvalue weighted by molar-refractivity contribution is 5.76. The van der Waals surface area contributed by atoms with E-state index < -0.39 is 5.97 Å². The number of hydrogen-bond donors (Lipinski definition) is 2. The standard InChI is InChI=1S/C12H21N3O3/c1-14-6-4-9(8-14)13-12(18)15-5-2-3-10(15)7-11(16)17/h9-10H,2-8H2,1H3,(H,13,18)(H,16,17). The van der Waals surface area contributed by atoms with Crippen molar-refractivity contribution in [3.8, 4) is 0 Å². The molecule has 6 heteroatoms. The Morgan fingerprint density at radius 2 is 2.11 bits per heavy atom. The van der Waals surface area contributed by atoms with E-state index in [0.717, 1.165) is 32.4 Å². The number of urea groups is 1. The Kier molecular flexibility index (Phi) is 4.06. The molecule has 2 amide bonds. The van der Waals surface area contributed by atoms with Gasteiger partial charge in [-0.15, -0.1) is 0 Å². The molecule has 2 aliphatic heterocycles. The smallest absolute Gasteiger partial charge is 0.317 e. The molecule has 0 aromatic rings. The van der Waals surface area contributed by atoms with E-state index in [1.807, 2.05) is 7.05 Å². The summed E-state index contributed by atoms with van der Waals surface area (Å²) in [6, 6.07) is -0.0331. The molecule has 0 bridgehead atoms. The van der Waals surface area contributed by atoms with E-state index in [2.05, 4.69) is 10.2 Å². The Morgan fingerprint density at radius 1 is 1.33 bits per heavy atom. The zero-order valence-electron chi connectivity index (χ0n) is 10.8. The lowest BCUT2D eigenvalue weighted by atomic mass is 10.1. The molecule has 2 rings (SSSR count). The third kappa shape index (κ3) is 3.13. The van der Waals surface area contributed by atoms with E-state index in [9.17, 15) is 9.59 Å². The van der Waals surface area contributed by atoms with Crippen LogP contribution in [0.4, 0.5) is 4.79 Å². The molecular weight excluding hydrogens is 234 g/mol. The average molecular weight is 255 g/mol. The number of likely N-dealkylation sites (N-methyl/N-ethyl adjacent to an activating group) is 1. The first-order chi connectivity index (χ1) is 8.56. The second kappa shape index (κ2) is 5.56. The van der Waals surface area contributed by atoms with Crippen molar-refractivity contribution in [2.45, 2.75) is 37.8 Å². The van der Waals surface area contributed by atoms with Crippen LogP contribution < -0.4 is 5.32 Å². The number of hydrogen-bond acceptors (Lipinski definition) is 3. The van der Waals surface area contributed by atoms with Crippen LogP contribution in [0.25, 0.3) is 0 Å². The fourth-order valence-electron chi connectivity index (χ4n) is 2.83. The van der Waals surface area contributed by atoms with E-state index in [0.29, 0.717) is 6.54 Å². The maximum Gasteiger partial charge on any atom is 0.317 e. The lowest BCUT2D eigenvalue weighted by molar-refractivity contribution is -0.137. The van der Waals surface area contributed by atoms with Crippen molar-refractivity contribution in [2.75, 3.05) is 26.7 Å². The number of carboxylic acid groups (broad SMARTS) is 1. The van der Waals surface area contributed by atoms with Crippen molar-refractivity contribution in [1.82, 2.24) is 15.1 Å². The van der Waals surface area contributed by atoms with Crippen LogP contribution in [0.1, 0.15) is 25.7 Å². The number of amides is 2. The number of carboxylic acids is 1. The molecule has 2 saturated heterocycles. The van der Waals surface area contributed by atoms with Crippen molar-refractivity contribution in [3.63, 3.8) is 0 Å². The Hall–Kier alpha value is -1.30. The van der Waals surface area contributed by atoms with Gasteiger partial charge < -0.3 is 20.2 Å². The number of nitrogens with one attached hydrogen (secondary N) is 1. The minimum absolute atomic E-state index is 0.0536. The Labute approximate surface area is 107 Å². The molecule has 0 radical (unpaired) electrons. The van der Waals surface area contributed by atoms with Crippen LogP contribution in [0.3, 0.4) is 0 Å². The first-order valence-corrected chi connectivity index (χ1v) is 6.53. The van der Waals surface area contributed by atoms with E-state index in [-0.39, 0.29) is 24.5 Å². The molecule has 2 N–H and O–H groups in total. The lowest BCUT2D eigenvalue weighted by Crippen LogP contribution is -2.47. The molecule has 0 aromatic heterocycles. The molecule has 6 nitrogen and oxygen atoms in total.